The molecule has 2 atom stereocenters. The third-order valence-corrected chi connectivity index (χ3v) is 4.59. The van der Waals surface area contributed by atoms with Gasteiger partial charge in [-0.3, -0.25) is 4.79 Å². The van der Waals surface area contributed by atoms with Gasteiger partial charge in [-0.2, -0.15) is 0 Å². The highest BCUT2D eigenvalue weighted by Gasteiger charge is 2.33. The summed E-state index contributed by atoms with van der Waals surface area (Å²) in [6.07, 6.45) is 0.255. The molecular formula is C16H16N2O4S. The van der Waals surface area contributed by atoms with Crippen molar-refractivity contribution in [2.45, 2.75) is 19.1 Å². The molecule has 120 valence electrons. The number of aliphatic carboxylic acids is 1. The Labute approximate surface area is 137 Å². The average molecular weight is 332 g/mol. The van der Waals surface area contributed by atoms with Gasteiger partial charge in [0.1, 0.15) is 9.88 Å². The van der Waals surface area contributed by atoms with Crippen LogP contribution in [-0.4, -0.2) is 52.2 Å². The van der Waals surface area contributed by atoms with Gasteiger partial charge in [0.15, 0.2) is 6.10 Å². The van der Waals surface area contributed by atoms with Gasteiger partial charge in [-0.05, 0) is 6.92 Å². The van der Waals surface area contributed by atoms with Crippen LogP contribution in [0.2, 0.25) is 0 Å². The van der Waals surface area contributed by atoms with E-state index < -0.39 is 12.1 Å². The second-order valence-electron chi connectivity index (χ2n) is 5.38. The molecule has 1 unspecified atom stereocenters. The van der Waals surface area contributed by atoms with E-state index in [1.165, 1.54) is 16.2 Å². The van der Waals surface area contributed by atoms with Crippen molar-refractivity contribution in [1.29, 1.82) is 0 Å². The fraction of sp³-hybridized carbons (Fsp3) is 0.312. The van der Waals surface area contributed by atoms with Gasteiger partial charge in [0.05, 0.1) is 18.8 Å². The quantitative estimate of drug-likeness (QED) is 0.931. The van der Waals surface area contributed by atoms with Gasteiger partial charge in [-0.25, -0.2) is 9.78 Å². The Bertz CT molecular complexity index is 716. The summed E-state index contributed by atoms with van der Waals surface area (Å²) in [6, 6.07) is 9.62. The predicted octanol–water partition coefficient (Wildman–Crippen LogP) is 2.12. The lowest BCUT2D eigenvalue weighted by Gasteiger charge is -2.34. The third kappa shape index (κ3) is 3.40. The lowest BCUT2D eigenvalue weighted by atomic mass is 10.2. The molecule has 0 saturated carbocycles. The van der Waals surface area contributed by atoms with Crippen LogP contribution in [0.4, 0.5) is 0 Å². The summed E-state index contributed by atoms with van der Waals surface area (Å²) in [7, 11) is 0. The van der Waals surface area contributed by atoms with E-state index in [9.17, 15) is 9.59 Å². The molecule has 1 saturated heterocycles. The molecule has 1 N–H and O–H groups in total. The van der Waals surface area contributed by atoms with Crippen LogP contribution in [0.1, 0.15) is 16.6 Å². The van der Waals surface area contributed by atoms with E-state index >= 15 is 0 Å². The lowest BCUT2D eigenvalue weighted by molar-refractivity contribution is -0.160. The largest absolute Gasteiger partial charge is 0.479 e. The zero-order valence-corrected chi connectivity index (χ0v) is 13.3. The van der Waals surface area contributed by atoms with Crippen molar-refractivity contribution in [2.24, 2.45) is 0 Å². The Morgan fingerprint density at radius 1 is 1.30 bits per heavy atom. The van der Waals surface area contributed by atoms with Crippen molar-refractivity contribution in [2.75, 3.05) is 13.1 Å². The maximum absolute atomic E-state index is 12.6. The molecule has 1 amide bonds. The van der Waals surface area contributed by atoms with Crippen molar-refractivity contribution >= 4 is 23.2 Å². The van der Waals surface area contributed by atoms with Crippen LogP contribution in [-0.2, 0) is 9.53 Å². The second kappa shape index (κ2) is 6.47. The number of carbonyl (C=O) groups is 2. The van der Waals surface area contributed by atoms with E-state index in [0.29, 0.717) is 11.4 Å². The van der Waals surface area contributed by atoms with Gasteiger partial charge in [0.25, 0.3) is 5.91 Å². The smallest absolute Gasteiger partial charge is 0.334 e. The Morgan fingerprint density at radius 3 is 2.74 bits per heavy atom. The molecule has 0 aliphatic carbocycles. The van der Waals surface area contributed by atoms with Crippen LogP contribution >= 0.6 is 11.3 Å². The summed E-state index contributed by atoms with van der Waals surface area (Å²) in [4.78, 5) is 30.1. The summed E-state index contributed by atoms with van der Waals surface area (Å²) >= 11 is 1.31. The fourth-order valence-electron chi connectivity index (χ4n) is 2.50. The minimum absolute atomic E-state index is 0.0527. The van der Waals surface area contributed by atoms with Crippen molar-refractivity contribution < 1.29 is 19.4 Å². The molecule has 1 aromatic heterocycles. The molecule has 1 fully saturated rings. The third-order valence-electron chi connectivity index (χ3n) is 3.56. The number of ether oxygens (including phenoxy) is 1. The first kappa shape index (κ1) is 15.6. The maximum Gasteiger partial charge on any atom is 0.334 e. The molecule has 2 heterocycles. The van der Waals surface area contributed by atoms with Crippen molar-refractivity contribution in [3.05, 3.63) is 41.4 Å². The Hall–Kier alpha value is -2.25. The molecule has 1 aliphatic rings. The highest BCUT2D eigenvalue weighted by atomic mass is 32.1. The highest BCUT2D eigenvalue weighted by molar-refractivity contribution is 7.16. The first-order valence-corrected chi connectivity index (χ1v) is 8.05. The van der Waals surface area contributed by atoms with E-state index in [1.54, 1.807) is 13.1 Å². The van der Waals surface area contributed by atoms with Crippen LogP contribution in [0.15, 0.2) is 36.5 Å². The summed E-state index contributed by atoms with van der Waals surface area (Å²) in [5.41, 5.74) is 0.954. The van der Waals surface area contributed by atoms with Crippen molar-refractivity contribution in [3.8, 4) is 10.6 Å². The molecule has 3 rings (SSSR count). The van der Waals surface area contributed by atoms with Crippen LogP contribution in [0.25, 0.3) is 10.6 Å². The van der Waals surface area contributed by atoms with Gasteiger partial charge in [0, 0.05) is 12.1 Å². The second-order valence-corrected chi connectivity index (χ2v) is 6.41. The topological polar surface area (TPSA) is 79.7 Å². The minimum Gasteiger partial charge on any atom is -0.479 e. The Balaban J connectivity index is 1.78. The van der Waals surface area contributed by atoms with Crippen molar-refractivity contribution in [3.63, 3.8) is 0 Å². The van der Waals surface area contributed by atoms with Crippen molar-refractivity contribution in [1.82, 2.24) is 9.88 Å². The van der Waals surface area contributed by atoms with E-state index in [2.05, 4.69) is 4.98 Å². The normalized spacial score (nSPS) is 21.2. The summed E-state index contributed by atoms with van der Waals surface area (Å²) in [6.45, 7) is 2.19. The number of thiazole rings is 1. The number of benzene rings is 1. The number of hydrogen-bond donors (Lipinski definition) is 1. The highest BCUT2D eigenvalue weighted by Crippen LogP contribution is 2.26. The molecule has 7 heteroatoms. The molecule has 0 bridgehead atoms. The summed E-state index contributed by atoms with van der Waals surface area (Å²) < 4.78 is 5.33. The number of carboxylic acid groups (broad SMARTS) is 1. The molecule has 0 spiro atoms. The minimum atomic E-state index is -1.05. The number of amides is 1. The van der Waals surface area contributed by atoms with E-state index in [4.69, 9.17) is 9.84 Å². The number of carboxylic acids is 1. The predicted molar refractivity (Wildman–Crippen MR) is 85.4 cm³/mol. The van der Waals surface area contributed by atoms with Crippen LogP contribution in [0, 0.1) is 0 Å². The molecule has 6 nitrogen and oxygen atoms in total. The van der Waals surface area contributed by atoms with E-state index in [0.717, 1.165) is 10.6 Å². The zero-order valence-electron chi connectivity index (χ0n) is 12.5. The molecule has 1 aromatic carbocycles. The van der Waals surface area contributed by atoms with E-state index in [-0.39, 0.29) is 18.6 Å². The number of hydrogen-bond acceptors (Lipinski definition) is 5. The number of nitrogens with zero attached hydrogens (tertiary/aromatic N) is 2. The molecular weight excluding hydrogens is 316 g/mol. The summed E-state index contributed by atoms with van der Waals surface area (Å²) in [5.74, 6) is -1.25. The number of aromatic nitrogens is 1. The zero-order chi connectivity index (χ0) is 16.4. The lowest BCUT2D eigenvalue weighted by Crippen LogP contribution is -2.51. The van der Waals surface area contributed by atoms with Gasteiger partial charge in [-0.15, -0.1) is 11.3 Å². The van der Waals surface area contributed by atoms with Crippen LogP contribution in [0.5, 0.6) is 0 Å². The SMILES string of the molecule is C[C@@H]1CN(C(=O)c2cnc(-c3ccccc3)s2)CC(C(=O)O)O1. The number of carbonyl (C=O) groups excluding carboxylic acids is 1. The molecule has 23 heavy (non-hydrogen) atoms. The standard InChI is InChI=1S/C16H16N2O4S/c1-10-8-18(9-12(22-10)16(20)21)15(19)13-7-17-14(23-13)11-5-3-2-4-6-11/h2-7,10,12H,8-9H2,1H3,(H,20,21)/t10-,12?/m1/s1. The van der Waals surface area contributed by atoms with E-state index in [1.807, 2.05) is 30.3 Å². The molecule has 2 aromatic rings. The van der Waals surface area contributed by atoms with Gasteiger partial charge in [0.2, 0.25) is 0 Å². The molecule has 1 aliphatic heterocycles. The first-order valence-electron chi connectivity index (χ1n) is 7.23. The monoisotopic (exact) mass is 332 g/mol. The van der Waals surface area contributed by atoms with Gasteiger partial charge < -0.3 is 14.7 Å². The fourth-order valence-corrected chi connectivity index (χ4v) is 3.39. The number of rotatable bonds is 3. The first-order chi connectivity index (χ1) is 11.0. The average Bonchev–Trinajstić information content (AvgIpc) is 3.04. The number of morpholine rings is 1. The maximum atomic E-state index is 12.6. The summed E-state index contributed by atoms with van der Waals surface area (Å²) in [5, 5.41) is 9.87. The van der Waals surface area contributed by atoms with Gasteiger partial charge in [-0.1, -0.05) is 30.3 Å². The van der Waals surface area contributed by atoms with Gasteiger partial charge >= 0.3 is 5.97 Å². The Kier molecular flexibility index (Phi) is 4.40. The Morgan fingerprint density at radius 2 is 2.04 bits per heavy atom. The van der Waals surface area contributed by atoms with Crippen LogP contribution < -0.4 is 0 Å². The van der Waals surface area contributed by atoms with Crippen LogP contribution in [0.3, 0.4) is 0 Å². The molecule has 0 radical (unpaired) electrons.